The fourth-order valence-electron chi connectivity index (χ4n) is 2.52. The van der Waals surface area contributed by atoms with Crippen LogP contribution < -0.4 is 10.6 Å². The van der Waals surface area contributed by atoms with Crippen LogP contribution in [-0.2, 0) is 6.42 Å². The second-order valence-corrected chi connectivity index (χ2v) is 6.36. The minimum absolute atomic E-state index is 0.125. The van der Waals surface area contributed by atoms with Crippen molar-refractivity contribution in [3.8, 4) is 0 Å². The van der Waals surface area contributed by atoms with Gasteiger partial charge in [-0.15, -0.1) is 0 Å². The lowest BCUT2D eigenvalue weighted by atomic mass is 10.1. The van der Waals surface area contributed by atoms with E-state index in [0.29, 0.717) is 5.69 Å². The molecule has 0 radical (unpaired) electrons. The zero-order valence-electron chi connectivity index (χ0n) is 13.9. The van der Waals surface area contributed by atoms with E-state index in [1.165, 1.54) is 6.33 Å². The van der Waals surface area contributed by atoms with Crippen LogP contribution in [0.5, 0.6) is 0 Å². The molecule has 132 valence electrons. The molecule has 2 aromatic carbocycles. The molecule has 0 aliphatic heterocycles. The van der Waals surface area contributed by atoms with E-state index in [-0.39, 0.29) is 17.3 Å². The van der Waals surface area contributed by atoms with Crippen LogP contribution in [0.4, 0.5) is 28.7 Å². The van der Waals surface area contributed by atoms with Crippen molar-refractivity contribution in [1.29, 1.82) is 0 Å². The fourth-order valence-corrected chi connectivity index (χ4v) is 2.91. The number of rotatable bonds is 6. The first-order valence-electron chi connectivity index (χ1n) is 7.95. The van der Waals surface area contributed by atoms with Gasteiger partial charge < -0.3 is 10.6 Å². The summed E-state index contributed by atoms with van der Waals surface area (Å²) in [4.78, 5) is 19.3. The fraction of sp³-hybridized carbons (Fsp3) is 0.111. The van der Waals surface area contributed by atoms with E-state index in [2.05, 4.69) is 36.5 Å². The summed E-state index contributed by atoms with van der Waals surface area (Å²) in [6.07, 6.45) is 2.09. The molecule has 1 heterocycles. The molecule has 0 bridgehead atoms. The number of aromatic nitrogens is 2. The highest BCUT2D eigenvalue weighted by Gasteiger charge is 2.23. The highest BCUT2D eigenvalue weighted by molar-refractivity contribution is 9.10. The average molecular weight is 414 g/mol. The molecule has 0 aliphatic carbocycles. The van der Waals surface area contributed by atoms with E-state index >= 15 is 0 Å². The van der Waals surface area contributed by atoms with Crippen molar-refractivity contribution in [1.82, 2.24) is 9.97 Å². The predicted molar refractivity (Wildman–Crippen MR) is 105 cm³/mol. The molecule has 0 fully saturated rings. The van der Waals surface area contributed by atoms with Gasteiger partial charge in [-0.3, -0.25) is 10.1 Å². The standard InChI is InChI=1S/C18H16BrN5O2/c1-2-12-6-3-4-9-15(12)23-18-16(24(25)26)17(20-11-21-18)22-14-8-5-7-13(19)10-14/h3-11H,2H2,1H3,(H2,20,21,22,23). The Bertz CT molecular complexity index is 948. The summed E-state index contributed by atoms with van der Waals surface area (Å²) in [6.45, 7) is 2.02. The van der Waals surface area contributed by atoms with Gasteiger partial charge in [0.2, 0.25) is 11.6 Å². The summed E-state index contributed by atoms with van der Waals surface area (Å²) in [7, 11) is 0. The van der Waals surface area contributed by atoms with E-state index in [0.717, 1.165) is 22.1 Å². The molecule has 0 aliphatic rings. The Hall–Kier alpha value is -3.00. The molecule has 3 aromatic rings. The summed E-state index contributed by atoms with van der Waals surface area (Å²) in [6, 6.07) is 14.9. The Labute approximate surface area is 158 Å². The summed E-state index contributed by atoms with van der Waals surface area (Å²) in [5, 5.41) is 17.7. The molecule has 0 atom stereocenters. The normalized spacial score (nSPS) is 10.4. The summed E-state index contributed by atoms with van der Waals surface area (Å²) in [5.74, 6) is 0.267. The van der Waals surface area contributed by atoms with Crippen molar-refractivity contribution < 1.29 is 4.92 Å². The van der Waals surface area contributed by atoms with Gasteiger partial charge in [-0.1, -0.05) is 47.1 Å². The molecular formula is C18H16BrN5O2. The number of benzene rings is 2. The topological polar surface area (TPSA) is 93.0 Å². The third-order valence-corrected chi connectivity index (χ3v) is 4.24. The summed E-state index contributed by atoms with van der Waals surface area (Å²) >= 11 is 3.38. The smallest absolute Gasteiger partial charge is 0.334 e. The molecule has 2 N–H and O–H groups in total. The molecule has 26 heavy (non-hydrogen) atoms. The van der Waals surface area contributed by atoms with Crippen molar-refractivity contribution >= 4 is 44.6 Å². The largest absolute Gasteiger partial charge is 0.353 e. The number of hydrogen-bond acceptors (Lipinski definition) is 6. The van der Waals surface area contributed by atoms with E-state index in [1.54, 1.807) is 6.07 Å². The van der Waals surface area contributed by atoms with Crippen LogP contribution in [0.2, 0.25) is 0 Å². The van der Waals surface area contributed by atoms with Gasteiger partial charge in [0.1, 0.15) is 6.33 Å². The highest BCUT2D eigenvalue weighted by atomic mass is 79.9. The number of nitrogens with zero attached hydrogens (tertiary/aromatic N) is 3. The molecule has 7 nitrogen and oxygen atoms in total. The average Bonchev–Trinajstić information content (AvgIpc) is 2.62. The SMILES string of the molecule is CCc1ccccc1Nc1ncnc(Nc2cccc(Br)c2)c1[N+](=O)[O-]. The molecule has 0 spiro atoms. The lowest BCUT2D eigenvalue weighted by molar-refractivity contribution is -0.383. The van der Waals surface area contributed by atoms with Gasteiger partial charge in [0.15, 0.2) is 0 Å². The molecular weight excluding hydrogens is 398 g/mol. The van der Waals surface area contributed by atoms with Crippen LogP contribution in [0.1, 0.15) is 12.5 Å². The van der Waals surface area contributed by atoms with Crippen LogP contribution >= 0.6 is 15.9 Å². The van der Waals surface area contributed by atoms with E-state index in [4.69, 9.17) is 0 Å². The molecule has 1 aromatic heterocycles. The van der Waals surface area contributed by atoms with E-state index < -0.39 is 4.92 Å². The third kappa shape index (κ3) is 3.97. The van der Waals surface area contributed by atoms with Crippen molar-refractivity contribution in [2.45, 2.75) is 13.3 Å². The van der Waals surface area contributed by atoms with Gasteiger partial charge in [-0.25, -0.2) is 9.97 Å². The molecule has 0 saturated heterocycles. The van der Waals surface area contributed by atoms with E-state index in [9.17, 15) is 10.1 Å². The van der Waals surface area contributed by atoms with Crippen LogP contribution in [-0.4, -0.2) is 14.9 Å². The Morgan fingerprint density at radius 2 is 1.81 bits per heavy atom. The molecule has 3 rings (SSSR count). The zero-order valence-corrected chi connectivity index (χ0v) is 15.5. The minimum atomic E-state index is -0.489. The number of nitrogens with one attached hydrogen (secondary N) is 2. The van der Waals surface area contributed by atoms with Crippen molar-refractivity contribution in [3.63, 3.8) is 0 Å². The van der Waals surface area contributed by atoms with Crippen LogP contribution in [0.3, 0.4) is 0 Å². The maximum Gasteiger partial charge on any atom is 0.353 e. The van der Waals surface area contributed by atoms with Crippen LogP contribution in [0.15, 0.2) is 59.3 Å². The van der Waals surface area contributed by atoms with Gasteiger partial charge in [-0.05, 0) is 36.2 Å². The lowest BCUT2D eigenvalue weighted by Gasteiger charge is -2.12. The Morgan fingerprint density at radius 3 is 2.50 bits per heavy atom. The first kappa shape index (κ1) is 17.8. The van der Waals surface area contributed by atoms with Crippen molar-refractivity contribution in [2.24, 2.45) is 0 Å². The number of anilines is 4. The summed E-state index contributed by atoms with van der Waals surface area (Å²) in [5.41, 5.74) is 2.30. The number of halogens is 1. The number of hydrogen-bond donors (Lipinski definition) is 2. The third-order valence-electron chi connectivity index (χ3n) is 3.74. The molecule has 0 saturated carbocycles. The Kier molecular flexibility index (Phi) is 5.43. The summed E-state index contributed by atoms with van der Waals surface area (Å²) < 4.78 is 0.856. The molecule has 8 heteroatoms. The van der Waals surface area contributed by atoms with E-state index in [1.807, 2.05) is 49.4 Å². The number of para-hydroxylation sites is 1. The van der Waals surface area contributed by atoms with Gasteiger partial charge in [0, 0.05) is 15.8 Å². The van der Waals surface area contributed by atoms with Crippen molar-refractivity contribution in [2.75, 3.05) is 10.6 Å². The Balaban J connectivity index is 2.00. The molecule has 0 unspecified atom stereocenters. The monoisotopic (exact) mass is 413 g/mol. The Morgan fingerprint density at radius 1 is 1.08 bits per heavy atom. The van der Waals surface area contributed by atoms with Crippen LogP contribution in [0.25, 0.3) is 0 Å². The first-order valence-corrected chi connectivity index (χ1v) is 8.74. The van der Waals surface area contributed by atoms with Gasteiger partial charge in [0.05, 0.1) is 4.92 Å². The first-order chi connectivity index (χ1) is 12.6. The van der Waals surface area contributed by atoms with Crippen molar-refractivity contribution in [3.05, 3.63) is 75.0 Å². The predicted octanol–water partition coefficient (Wildman–Crippen LogP) is 5.20. The lowest BCUT2D eigenvalue weighted by Crippen LogP contribution is -2.06. The second kappa shape index (κ2) is 7.92. The maximum atomic E-state index is 11.7. The van der Waals surface area contributed by atoms with Crippen LogP contribution in [0, 0.1) is 10.1 Å². The maximum absolute atomic E-state index is 11.7. The minimum Gasteiger partial charge on any atom is -0.334 e. The zero-order chi connectivity index (χ0) is 18.5. The van der Waals surface area contributed by atoms with Gasteiger partial charge >= 0.3 is 5.69 Å². The number of nitro groups is 1. The molecule has 0 amide bonds. The highest BCUT2D eigenvalue weighted by Crippen LogP contribution is 2.34. The number of aryl methyl sites for hydroxylation is 1. The van der Waals surface area contributed by atoms with Gasteiger partial charge in [0.25, 0.3) is 0 Å². The van der Waals surface area contributed by atoms with Gasteiger partial charge in [-0.2, -0.15) is 0 Å². The second-order valence-electron chi connectivity index (χ2n) is 5.45. The quantitative estimate of drug-likeness (QED) is 0.426.